The van der Waals surface area contributed by atoms with Gasteiger partial charge in [0.05, 0.1) is 18.1 Å². The molecule has 2 fully saturated rings. The number of carbonyl (C=O) groups is 1. The Balaban J connectivity index is 2.09. The molecule has 0 saturated carbocycles. The number of aliphatic carboxylic acids is 1. The van der Waals surface area contributed by atoms with Crippen molar-refractivity contribution in [1.82, 2.24) is 8.61 Å². The second-order valence-electron chi connectivity index (χ2n) is 5.41. The van der Waals surface area contributed by atoms with Crippen molar-refractivity contribution in [2.24, 2.45) is 5.92 Å². The van der Waals surface area contributed by atoms with Gasteiger partial charge in [-0.1, -0.05) is 0 Å². The van der Waals surface area contributed by atoms with E-state index in [-0.39, 0.29) is 31.8 Å². The number of carboxylic acids is 1. The number of ether oxygens (including phenoxy) is 2. The van der Waals surface area contributed by atoms with E-state index in [0.29, 0.717) is 19.4 Å². The average molecular weight is 322 g/mol. The Morgan fingerprint density at radius 2 is 1.67 bits per heavy atom. The van der Waals surface area contributed by atoms with Gasteiger partial charge >= 0.3 is 5.97 Å². The molecule has 3 unspecified atom stereocenters. The second kappa shape index (κ2) is 6.57. The predicted octanol–water partition coefficient (Wildman–Crippen LogP) is -0.627. The van der Waals surface area contributed by atoms with E-state index in [4.69, 9.17) is 14.6 Å². The van der Waals surface area contributed by atoms with Gasteiger partial charge in [-0.25, -0.2) is 0 Å². The van der Waals surface area contributed by atoms with Crippen LogP contribution in [0.2, 0.25) is 0 Å². The zero-order valence-corrected chi connectivity index (χ0v) is 13.1. The van der Waals surface area contributed by atoms with Crippen molar-refractivity contribution in [2.75, 3.05) is 40.4 Å². The van der Waals surface area contributed by atoms with E-state index in [1.54, 1.807) is 0 Å². The van der Waals surface area contributed by atoms with Crippen LogP contribution in [0.25, 0.3) is 0 Å². The SMILES string of the molecule is COC1CN(S(=O)(=O)N2CCCC(C(=O)O)C2)CC1OC. The first-order valence-corrected chi connectivity index (χ1v) is 8.33. The van der Waals surface area contributed by atoms with Crippen LogP contribution in [0.3, 0.4) is 0 Å². The van der Waals surface area contributed by atoms with Crippen molar-refractivity contribution in [2.45, 2.75) is 25.0 Å². The maximum atomic E-state index is 12.6. The Labute approximate surface area is 124 Å². The molecule has 0 bridgehead atoms. The summed E-state index contributed by atoms with van der Waals surface area (Å²) in [5.74, 6) is -1.58. The fourth-order valence-corrected chi connectivity index (χ4v) is 4.59. The van der Waals surface area contributed by atoms with Crippen LogP contribution in [0, 0.1) is 5.92 Å². The first-order chi connectivity index (χ1) is 9.90. The molecule has 9 heteroatoms. The lowest BCUT2D eigenvalue weighted by molar-refractivity contribution is -0.142. The number of rotatable bonds is 5. The third-order valence-electron chi connectivity index (χ3n) is 4.17. The van der Waals surface area contributed by atoms with Gasteiger partial charge in [-0.15, -0.1) is 0 Å². The molecule has 122 valence electrons. The fourth-order valence-electron chi connectivity index (χ4n) is 2.87. The number of hydrogen-bond donors (Lipinski definition) is 1. The van der Waals surface area contributed by atoms with Crippen LogP contribution in [-0.4, -0.2) is 80.7 Å². The van der Waals surface area contributed by atoms with Gasteiger partial charge in [0.2, 0.25) is 0 Å². The topological polar surface area (TPSA) is 96.4 Å². The molecule has 0 spiro atoms. The fraction of sp³-hybridized carbons (Fsp3) is 0.917. The van der Waals surface area contributed by atoms with Crippen molar-refractivity contribution in [3.8, 4) is 0 Å². The smallest absolute Gasteiger partial charge is 0.307 e. The number of hydrogen-bond acceptors (Lipinski definition) is 5. The third-order valence-corrected chi connectivity index (χ3v) is 6.11. The van der Waals surface area contributed by atoms with E-state index >= 15 is 0 Å². The molecule has 2 heterocycles. The third kappa shape index (κ3) is 3.37. The Morgan fingerprint density at radius 1 is 1.10 bits per heavy atom. The molecule has 0 aromatic carbocycles. The van der Waals surface area contributed by atoms with Crippen LogP contribution < -0.4 is 0 Å². The van der Waals surface area contributed by atoms with Crippen LogP contribution in [0.15, 0.2) is 0 Å². The maximum Gasteiger partial charge on any atom is 0.307 e. The summed E-state index contributed by atoms with van der Waals surface area (Å²) < 4.78 is 38.3. The van der Waals surface area contributed by atoms with Gasteiger partial charge in [0.1, 0.15) is 0 Å². The first kappa shape index (κ1) is 16.6. The Morgan fingerprint density at radius 3 is 2.14 bits per heavy atom. The van der Waals surface area contributed by atoms with Gasteiger partial charge < -0.3 is 14.6 Å². The second-order valence-corrected chi connectivity index (χ2v) is 7.34. The molecule has 0 aliphatic carbocycles. The van der Waals surface area contributed by atoms with E-state index in [9.17, 15) is 13.2 Å². The van der Waals surface area contributed by atoms with E-state index in [0.717, 1.165) is 0 Å². The number of methoxy groups -OCH3 is 2. The number of nitrogens with zero attached hydrogens (tertiary/aromatic N) is 2. The Hall–Kier alpha value is -0.740. The predicted molar refractivity (Wildman–Crippen MR) is 74.0 cm³/mol. The van der Waals surface area contributed by atoms with Crippen molar-refractivity contribution < 1.29 is 27.8 Å². The summed E-state index contributed by atoms with van der Waals surface area (Å²) in [6.07, 6.45) is 0.475. The van der Waals surface area contributed by atoms with E-state index in [1.165, 1.54) is 22.8 Å². The van der Waals surface area contributed by atoms with Gasteiger partial charge in [0.15, 0.2) is 0 Å². The lowest BCUT2D eigenvalue weighted by Crippen LogP contribution is -2.48. The van der Waals surface area contributed by atoms with Gasteiger partial charge in [-0.3, -0.25) is 4.79 Å². The monoisotopic (exact) mass is 322 g/mol. The Kier molecular flexibility index (Phi) is 5.20. The molecule has 0 radical (unpaired) electrons. The molecular formula is C12H22N2O6S. The van der Waals surface area contributed by atoms with Crippen molar-refractivity contribution in [1.29, 1.82) is 0 Å². The summed E-state index contributed by atoms with van der Waals surface area (Å²) in [5, 5.41) is 9.07. The minimum absolute atomic E-state index is 0.0312. The quantitative estimate of drug-likeness (QED) is 0.724. The van der Waals surface area contributed by atoms with Gasteiger partial charge in [0.25, 0.3) is 10.2 Å². The maximum absolute atomic E-state index is 12.6. The molecule has 3 atom stereocenters. The molecule has 0 aromatic rings. The van der Waals surface area contributed by atoms with Crippen molar-refractivity contribution in [3.05, 3.63) is 0 Å². The van der Waals surface area contributed by atoms with Gasteiger partial charge in [-0.05, 0) is 12.8 Å². The highest BCUT2D eigenvalue weighted by atomic mass is 32.2. The molecule has 2 saturated heterocycles. The van der Waals surface area contributed by atoms with E-state index < -0.39 is 22.1 Å². The minimum Gasteiger partial charge on any atom is -0.481 e. The molecule has 0 amide bonds. The summed E-state index contributed by atoms with van der Waals surface area (Å²) in [5.41, 5.74) is 0. The first-order valence-electron chi connectivity index (χ1n) is 6.93. The molecule has 21 heavy (non-hydrogen) atoms. The standard InChI is InChI=1S/C12H22N2O6S/c1-19-10-7-14(8-11(10)20-2)21(17,18)13-5-3-4-9(6-13)12(15)16/h9-11H,3-8H2,1-2H3,(H,15,16). The molecule has 1 N–H and O–H groups in total. The highest BCUT2D eigenvalue weighted by Crippen LogP contribution is 2.25. The summed E-state index contributed by atoms with van der Waals surface area (Å²) >= 11 is 0. The van der Waals surface area contributed by atoms with Crippen LogP contribution >= 0.6 is 0 Å². The summed E-state index contributed by atoms with van der Waals surface area (Å²) in [7, 11) is -0.627. The summed E-state index contributed by atoms with van der Waals surface area (Å²) in [4.78, 5) is 11.1. The molecule has 8 nitrogen and oxygen atoms in total. The molecule has 2 aliphatic rings. The summed E-state index contributed by atoms with van der Waals surface area (Å²) in [6.45, 7) is 0.846. The normalized spacial score (nSPS) is 32.4. The Bertz CT molecular complexity index is 470. The van der Waals surface area contributed by atoms with Gasteiger partial charge in [0, 0.05) is 40.4 Å². The molecule has 0 aromatic heterocycles. The van der Waals surface area contributed by atoms with Crippen LogP contribution in [-0.2, 0) is 24.5 Å². The van der Waals surface area contributed by atoms with Crippen LogP contribution in [0.1, 0.15) is 12.8 Å². The van der Waals surface area contributed by atoms with E-state index in [1.807, 2.05) is 0 Å². The zero-order chi connectivity index (χ0) is 15.6. The lowest BCUT2D eigenvalue weighted by atomic mass is 10.0. The van der Waals surface area contributed by atoms with Crippen LogP contribution in [0.4, 0.5) is 0 Å². The molecule has 2 aliphatic heterocycles. The highest BCUT2D eigenvalue weighted by molar-refractivity contribution is 7.86. The number of piperidine rings is 1. The lowest BCUT2D eigenvalue weighted by Gasteiger charge is -2.32. The molecular weight excluding hydrogens is 300 g/mol. The summed E-state index contributed by atoms with van der Waals surface area (Å²) in [6, 6.07) is 0. The van der Waals surface area contributed by atoms with Crippen molar-refractivity contribution in [3.63, 3.8) is 0 Å². The molecule has 2 rings (SSSR count). The van der Waals surface area contributed by atoms with E-state index in [2.05, 4.69) is 0 Å². The zero-order valence-electron chi connectivity index (χ0n) is 12.3. The van der Waals surface area contributed by atoms with Crippen LogP contribution in [0.5, 0.6) is 0 Å². The van der Waals surface area contributed by atoms with Crippen molar-refractivity contribution >= 4 is 16.2 Å². The minimum atomic E-state index is -3.67. The highest BCUT2D eigenvalue weighted by Gasteiger charge is 2.43. The van der Waals surface area contributed by atoms with Gasteiger partial charge in [-0.2, -0.15) is 17.0 Å². The average Bonchev–Trinajstić information content (AvgIpc) is 2.91. The number of carboxylic acid groups (broad SMARTS) is 1. The largest absolute Gasteiger partial charge is 0.481 e.